The molecule has 0 radical (unpaired) electrons. The Morgan fingerprint density at radius 1 is 1.28 bits per heavy atom. The highest BCUT2D eigenvalue weighted by Crippen LogP contribution is 2.42. The number of ether oxygens (including phenoxy) is 1. The maximum absolute atomic E-state index is 12.0. The van der Waals surface area contributed by atoms with Crippen LogP contribution in [0.15, 0.2) is 24.3 Å². The van der Waals surface area contributed by atoms with Crippen molar-refractivity contribution in [1.29, 1.82) is 0 Å². The van der Waals surface area contributed by atoms with E-state index in [9.17, 15) is 4.79 Å². The number of carbonyl (C=O) groups excluding carboxylic acids is 1. The van der Waals surface area contributed by atoms with Crippen LogP contribution < -0.4 is 0 Å². The largest absolute Gasteiger partial charge is 0.456 e. The van der Waals surface area contributed by atoms with Gasteiger partial charge in [0.15, 0.2) is 0 Å². The van der Waals surface area contributed by atoms with Crippen LogP contribution in [0.3, 0.4) is 0 Å². The van der Waals surface area contributed by atoms with E-state index >= 15 is 0 Å². The summed E-state index contributed by atoms with van der Waals surface area (Å²) in [6.07, 6.45) is 2.53. The first-order valence-corrected chi connectivity index (χ1v) is 6.70. The topological polar surface area (TPSA) is 26.3 Å². The van der Waals surface area contributed by atoms with E-state index in [4.69, 9.17) is 4.74 Å². The Kier molecular flexibility index (Phi) is 3.47. The molecule has 0 N–H and O–H groups in total. The van der Waals surface area contributed by atoms with Gasteiger partial charge in [0.05, 0.1) is 5.56 Å². The van der Waals surface area contributed by atoms with Gasteiger partial charge in [-0.25, -0.2) is 4.79 Å². The van der Waals surface area contributed by atoms with Gasteiger partial charge in [0.1, 0.15) is 5.60 Å². The lowest BCUT2D eigenvalue weighted by Gasteiger charge is -2.34. The van der Waals surface area contributed by atoms with Gasteiger partial charge in [-0.05, 0) is 63.1 Å². The van der Waals surface area contributed by atoms with Gasteiger partial charge in [-0.1, -0.05) is 19.1 Å². The molecule has 0 amide bonds. The molecule has 18 heavy (non-hydrogen) atoms. The summed E-state index contributed by atoms with van der Waals surface area (Å²) in [7, 11) is 0. The molecule has 0 bridgehead atoms. The molecule has 1 saturated carbocycles. The molecule has 1 fully saturated rings. The number of hydrogen-bond acceptors (Lipinski definition) is 2. The third kappa shape index (κ3) is 2.92. The van der Waals surface area contributed by atoms with E-state index in [2.05, 4.69) is 13.0 Å². The molecule has 2 heteroatoms. The third-order valence-corrected chi connectivity index (χ3v) is 3.57. The second-order valence-electron chi connectivity index (χ2n) is 6.29. The van der Waals surface area contributed by atoms with Crippen molar-refractivity contribution in [2.45, 2.75) is 52.1 Å². The van der Waals surface area contributed by atoms with Crippen molar-refractivity contribution in [2.24, 2.45) is 5.92 Å². The highest BCUT2D eigenvalue weighted by molar-refractivity contribution is 5.89. The smallest absolute Gasteiger partial charge is 0.338 e. The van der Waals surface area contributed by atoms with Crippen LogP contribution in [0, 0.1) is 5.92 Å². The molecule has 0 saturated heterocycles. The Morgan fingerprint density at radius 2 is 2.00 bits per heavy atom. The van der Waals surface area contributed by atoms with E-state index < -0.39 is 5.60 Å². The fraction of sp³-hybridized carbons (Fsp3) is 0.562. The van der Waals surface area contributed by atoms with Crippen LogP contribution in [0.5, 0.6) is 0 Å². The first-order chi connectivity index (χ1) is 8.37. The minimum atomic E-state index is -0.434. The van der Waals surface area contributed by atoms with Crippen molar-refractivity contribution in [1.82, 2.24) is 0 Å². The lowest BCUT2D eigenvalue weighted by atomic mass is 9.71. The summed E-state index contributed by atoms with van der Waals surface area (Å²) in [4.78, 5) is 12.0. The quantitative estimate of drug-likeness (QED) is 0.732. The highest BCUT2D eigenvalue weighted by atomic mass is 16.6. The number of esters is 1. The molecule has 0 aliphatic heterocycles. The molecule has 2 rings (SSSR count). The molecular formula is C16H22O2. The second-order valence-corrected chi connectivity index (χ2v) is 6.29. The molecule has 1 aliphatic carbocycles. The van der Waals surface area contributed by atoms with Crippen molar-refractivity contribution >= 4 is 5.97 Å². The van der Waals surface area contributed by atoms with Crippen molar-refractivity contribution in [3.05, 3.63) is 35.4 Å². The van der Waals surface area contributed by atoms with Gasteiger partial charge in [0.2, 0.25) is 0 Å². The standard InChI is InChI=1S/C16H22O2/c1-11-8-9-14(11)12-6-5-7-13(10-12)15(17)18-16(2,3)4/h5-7,10-11,14H,8-9H2,1-4H3/t11-,14-/m0/s1. The van der Waals surface area contributed by atoms with Gasteiger partial charge < -0.3 is 4.74 Å². The van der Waals surface area contributed by atoms with Gasteiger partial charge >= 0.3 is 5.97 Å². The second kappa shape index (κ2) is 4.75. The zero-order chi connectivity index (χ0) is 13.3. The minimum absolute atomic E-state index is 0.226. The van der Waals surface area contributed by atoms with E-state index in [0.717, 1.165) is 5.92 Å². The van der Waals surface area contributed by atoms with Crippen LogP contribution in [0.4, 0.5) is 0 Å². The summed E-state index contributed by atoms with van der Waals surface area (Å²) in [6.45, 7) is 7.95. The third-order valence-electron chi connectivity index (χ3n) is 3.57. The predicted octanol–water partition coefficient (Wildman–Crippen LogP) is 4.16. The van der Waals surface area contributed by atoms with E-state index in [1.165, 1.54) is 18.4 Å². The summed E-state index contributed by atoms with van der Waals surface area (Å²) < 4.78 is 5.40. The molecule has 98 valence electrons. The zero-order valence-corrected chi connectivity index (χ0v) is 11.7. The fourth-order valence-electron chi connectivity index (χ4n) is 2.40. The molecule has 0 spiro atoms. The maximum Gasteiger partial charge on any atom is 0.338 e. The molecule has 2 nitrogen and oxygen atoms in total. The average Bonchev–Trinajstić information content (AvgIpc) is 2.25. The Morgan fingerprint density at radius 3 is 2.50 bits per heavy atom. The van der Waals surface area contributed by atoms with Crippen molar-refractivity contribution in [2.75, 3.05) is 0 Å². The van der Waals surface area contributed by atoms with E-state index in [-0.39, 0.29) is 5.97 Å². The SMILES string of the molecule is C[C@H]1CC[C@@H]1c1cccc(C(=O)OC(C)(C)C)c1. The summed E-state index contributed by atoms with van der Waals surface area (Å²) in [5.74, 6) is 1.13. The highest BCUT2D eigenvalue weighted by Gasteiger charge is 2.28. The van der Waals surface area contributed by atoms with Gasteiger partial charge in [-0.2, -0.15) is 0 Å². The summed E-state index contributed by atoms with van der Waals surface area (Å²) in [5.41, 5.74) is 1.51. The van der Waals surface area contributed by atoms with Crippen LogP contribution in [0.2, 0.25) is 0 Å². The van der Waals surface area contributed by atoms with Crippen molar-refractivity contribution in [3.63, 3.8) is 0 Å². The summed E-state index contributed by atoms with van der Waals surface area (Å²) >= 11 is 0. The molecule has 0 aromatic heterocycles. The number of benzene rings is 1. The van der Waals surface area contributed by atoms with E-state index in [1.54, 1.807) is 0 Å². The molecule has 1 aromatic rings. The number of rotatable bonds is 2. The molecule has 1 aliphatic rings. The van der Waals surface area contributed by atoms with Crippen LogP contribution >= 0.6 is 0 Å². The van der Waals surface area contributed by atoms with E-state index in [1.807, 2.05) is 39.0 Å². The van der Waals surface area contributed by atoms with Crippen LogP contribution in [-0.2, 0) is 4.74 Å². The first kappa shape index (κ1) is 13.1. The Balaban J connectivity index is 2.14. The first-order valence-electron chi connectivity index (χ1n) is 6.70. The number of hydrogen-bond donors (Lipinski definition) is 0. The monoisotopic (exact) mass is 246 g/mol. The lowest BCUT2D eigenvalue weighted by molar-refractivity contribution is 0.00693. The van der Waals surface area contributed by atoms with Gasteiger partial charge in [-0.3, -0.25) is 0 Å². The summed E-state index contributed by atoms with van der Waals surface area (Å²) in [6, 6.07) is 7.91. The molecular weight excluding hydrogens is 224 g/mol. The molecule has 0 unspecified atom stereocenters. The van der Waals surface area contributed by atoms with Crippen LogP contribution in [-0.4, -0.2) is 11.6 Å². The molecule has 0 heterocycles. The predicted molar refractivity (Wildman–Crippen MR) is 72.7 cm³/mol. The minimum Gasteiger partial charge on any atom is -0.456 e. The maximum atomic E-state index is 12.0. The molecule has 2 atom stereocenters. The van der Waals surface area contributed by atoms with Gasteiger partial charge in [0, 0.05) is 0 Å². The summed E-state index contributed by atoms with van der Waals surface area (Å²) in [5, 5.41) is 0. The van der Waals surface area contributed by atoms with Gasteiger partial charge in [0.25, 0.3) is 0 Å². The van der Waals surface area contributed by atoms with Crippen molar-refractivity contribution < 1.29 is 9.53 Å². The zero-order valence-electron chi connectivity index (χ0n) is 11.7. The van der Waals surface area contributed by atoms with Gasteiger partial charge in [-0.15, -0.1) is 0 Å². The molecule has 1 aromatic carbocycles. The number of carbonyl (C=O) groups is 1. The van der Waals surface area contributed by atoms with E-state index in [0.29, 0.717) is 11.5 Å². The van der Waals surface area contributed by atoms with Crippen LogP contribution in [0.25, 0.3) is 0 Å². The Labute approximate surface area is 109 Å². The lowest BCUT2D eigenvalue weighted by Crippen LogP contribution is -2.24. The fourth-order valence-corrected chi connectivity index (χ4v) is 2.40. The Hall–Kier alpha value is -1.31. The van der Waals surface area contributed by atoms with Crippen LogP contribution in [0.1, 0.15) is 62.4 Å². The van der Waals surface area contributed by atoms with Crippen molar-refractivity contribution in [3.8, 4) is 0 Å². The Bertz CT molecular complexity index is 443. The normalized spacial score (nSPS) is 23.3. The average molecular weight is 246 g/mol.